The van der Waals surface area contributed by atoms with Gasteiger partial charge in [0.1, 0.15) is 0 Å². The van der Waals surface area contributed by atoms with E-state index in [4.69, 9.17) is 0 Å². The molecule has 0 aliphatic heterocycles. The van der Waals surface area contributed by atoms with Crippen LogP contribution in [0.25, 0.3) is 0 Å². The molecule has 1 amide bonds. The SMILES string of the molecule is O=C(NCCc1ccccn1)c1cccc([N+](=O)[O-])c1. The number of nitro groups is 1. The van der Waals surface area contributed by atoms with Gasteiger partial charge in [-0.05, 0) is 18.2 Å². The quantitative estimate of drug-likeness (QED) is 0.665. The Hall–Kier alpha value is -2.76. The topological polar surface area (TPSA) is 85.1 Å². The highest BCUT2D eigenvalue weighted by Gasteiger charge is 2.10. The average Bonchev–Trinajstić information content (AvgIpc) is 2.48. The van der Waals surface area contributed by atoms with Crippen molar-refractivity contribution >= 4 is 11.6 Å². The maximum absolute atomic E-state index is 11.9. The third-order valence-corrected chi connectivity index (χ3v) is 2.71. The Labute approximate surface area is 115 Å². The number of amides is 1. The van der Waals surface area contributed by atoms with Gasteiger partial charge < -0.3 is 5.32 Å². The van der Waals surface area contributed by atoms with E-state index in [0.717, 1.165) is 5.69 Å². The molecule has 20 heavy (non-hydrogen) atoms. The van der Waals surface area contributed by atoms with E-state index in [1.807, 2.05) is 18.2 Å². The minimum Gasteiger partial charge on any atom is -0.352 e. The van der Waals surface area contributed by atoms with E-state index < -0.39 is 4.92 Å². The summed E-state index contributed by atoms with van der Waals surface area (Å²) in [5, 5.41) is 13.4. The van der Waals surface area contributed by atoms with Crippen LogP contribution >= 0.6 is 0 Å². The summed E-state index contributed by atoms with van der Waals surface area (Å²) in [6.07, 6.45) is 2.30. The van der Waals surface area contributed by atoms with Crippen molar-refractivity contribution in [3.8, 4) is 0 Å². The molecule has 0 radical (unpaired) electrons. The third kappa shape index (κ3) is 3.61. The number of hydrogen-bond donors (Lipinski definition) is 1. The Morgan fingerprint density at radius 2 is 2.10 bits per heavy atom. The zero-order chi connectivity index (χ0) is 14.4. The molecule has 0 aliphatic rings. The fourth-order valence-electron chi connectivity index (χ4n) is 1.71. The van der Waals surface area contributed by atoms with Crippen LogP contribution in [0.5, 0.6) is 0 Å². The molecule has 6 heteroatoms. The van der Waals surface area contributed by atoms with Crippen molar-refractivity contribution in [1.82, 2.24) is 10.3 Å². The first-order valence-electron chi connectivity index (χ1n) is 6.09. The van der Waals surface area contributed by atoms with Crippen LogP contribution in [0, 0.1) is 10.1 Å². The second-order valence-corrected chi connectivity index (χ2v) is 4.13. The number of non-ortho nitro benzene ring substituents is 1. The predicted octanol–water partition coefficient (Wildman–Crippen LogP) is 1.96. The van der Waals surface area contributed by atoms with Crippen molar-refractivity contribution in [2.75, 3.05) is 6.54 Å². The van der Waals surface area contributed by atoms with Gasteiger partial charge in [-0.25, -0.2) is 0 Å². The lowest BCUT2D eigenvalue weighted by Gasteiger charge is -2.04. The van der Waals surface area contributed by atoms with Crippen LogP contribution in [0.1, 0.15) is 16.1 Å². The lowest BCUT2D eigenvalue weighted by atomic mass is 10.2. The number of nitro benzene ring substituents is 1. The molecule has 0 aliphatic carbocycles. The molecule has 0 unspecified atom stereocenters. The molecule has 0 spiro atoms. The molecule has 1 aromatic carbocycles. The maximum Gasteiger partial charge on any atom is 0.270 e. The molecule has 2 aromatic rings. The van der Waals surface area contributed by atoms with Crippen molar-refractivity contribution in [3.05, 3.63) is 70.0 Å². The smallest absolute Gasteiger partial charge is 0.270 e. The third-order valence-electron chi connectivity index (χ3n) is 2.71. The number of nitrogens with zero attached hydrogens (tertiary/aromatic N) is 2. The van der Waals surface area contributed by atoms with Gasteiger partial charge in [0.15, 0.2) is 0 Å². The zero-order valence-corrected chi connectivity index (χ0v) is 10.7. The highest BCUT2D eigenvalue weighted by atomic mass is 16.6. The summed E-state index contributed by atoms with van der Waals surface area (Å²) < 4.78 is 0. The van der Waals surface area contributed by atoms with Crippen LogP contribution in [0.3, 0.4) is 0 Å². The first-order chi connectivity index (χ1) is 9.66. The van der Waals surface area contributed by atoms with Crippen molar-refractivity contribution < 1.29 is 9.72 Å². The summed E-state index contributed by atoms with van der Waals surface area (Å²) in [5.41, 5.74) is 1.06. The molecule has 2 rings (SSSR count). The summed E-state index contributed by atoms with van der Waals surface area (Å²) in [7, 11) is 0. The highest BCUT2D eigenvalue weighted by Crippen LogP contribution is 2.12. The molecule has 1 aromatic heterocycles. The van der Waals surface area contributed by atoms with Crippen LogP contribution in [0.15, 0.2) is 48.7 Å². The van der Waals surface area contributed by atoms with Crippen LogP contribution in [0.4, 0.5) is 5.69 Å². The summed E-state index contributed by atoms with van der Waals surface area (Å²) >= 11 is 0. The molecule has 0 atom stereocenters. The van der Waals surface area contributed by atoms with Crippen molar-refractivity contribution in [2.45, 2.75) is 6.42 Å². The van der Waals surface area contributed by atoms with Gasteiger partial charge in [-0.15, -0.1) is 0 Å². The van der Waals surface area contributed by atoms with E-state index in [1.54, 1.807) is 12.3 Å². The summed E-state index contributed by atoms with van der Waals surface area (Å²) in [4.78, 5) is 26.1. The second kappa shape index (κ2) is 6.42. The Kier molecular flexibility index (Phi) is 4.39. The van der Waals surface area contributed by atoms with Gasteiger partial charge in [0, 0.05) is 42.6 Å². The standard InChI is InChI=1S/C14H13N3O3/c18-14(11-4-3-6-13(10-11)17(19)20)16-9-7-12-5-1-2-8-15-12/h1-6,8,10H,7,9H2,(H,16,18). The number of nitrogens with one attached hydrogen (secondary N) is 1. The summed E-state index contributed by atoms with van der Waals surface area (Å²) in [5.74, 6) is -0.329. The summed E-state index contributed by atoms with van der Waals surface area (Å²) in [6.45, 7) is 0.429. The number of benzene rings is 1. The maximum atomic E-state index is 11.9. The van der Waals surface area contributed by atoms with E-state index in [0.29, 0.717) is 13.0 Å². The summed E-state index contributed by atoms with van der Waals surface area (Å²) in [6, 6.07) is 11.2. The number of rotatable bonds is 5. The fourth-order valence-corrected chi connectivity index (χ4v) is 1.71. The molecule has 0 bridgehead atoms. The van der Waals surface area contributed by atoms with E-state index in [2.05, 4.69) is 10.3 Å². The molecule has 102 valence electrons. The van der Waals surface area contributed by atoms with Crippen molar-refractivity contribution in [1.29, 1.82) is 0 Å². The molecule has 6 nitrogen and oxygen atoms in total. The van der Waals surface area contributed by atoms with Crippen LogP contribution in [-0.4, -0.2) is 22.4 Å². The van der Waals surface area contributed by atoms with E-state index >= 15 is 0 Å². The zero-order valence-electron chi connectivity index (χ0n) is 10.7. The second-order valence-electron chi connectivity index (χ2n) is 4.13. The normalized spacial score (nSPS) is 10.0. The Morgan fingerprint density at radius 3 is 2.80 bits per heavy atom. The van der Waals surface area contributed by atoms with E-state index in [-0.39, 0.29) is 17.2 Å². The number of pyridine rings is 1. The predicted molar refractivity (Wildman–Crippen MR) is 73.4 cm³/mol. The first kappa shape index (κ1) is 13.7. The Bertz CT molecular complexity index is 614. The lowest BCUT2D eigenvalue weighted by Crippen LogP contribution is -2.25. The molecular formula is C14H13N3O3. The van der Waals surface area contributed by atoms with Gasteiger partial charge in [-0.3, -0.25) is 19.9 Å². The largest absolute Gasteiger partial charge is 0.352 e. The van der Waals surface area contributed by atoms with Gasteiger partial charge in [0.2, 0.25) is 0 Å². The molecule has 0 fully saturated rings. The Balaban J connectivity index is 1.92. The molecule has 1 heterocycles. The van der Waals surface area contributed by atoms with Crippen molar-refractivity contribution in [3.63, 3.8) is 0 Å². The van der Waals surface area contributed by atoms with Gasteiger partial charge in [-0.2, -0.15) is 0 Å². The highest BCUT2D eigenvalue weighted by molar-refractivity contribution is 5.94. The van der Waals surface area contributed by atoms with Gasteiger partial charge >= 0.3 is 0 Å². The Morgan fingerprint density at radius 1 is 1.25 bits per heavy atom. The average molecular weight is 271 g/mol. The number of carbonyl (C=O) groups is 1. The minimum absolute atomic E-state index is 0.0950. The van der Waals surface area contributed by atoms with Gasteiger partial charge in [-0.1, -0.05) is 12.1 Å². The number of hydrogen-bond acceptors (Lipinski definition) is 4. The van der Waals surface area contributed by atoms with Crippen LogP contribution in [0.2, 0.25) is 0 Å². The van der Waals surface area contributed by atoms with Crippen molar-refractivity contribution in [2.24, 2.45) is 0 Å². The van der Waals surface area contributed by atoms with E-state index in [1.165, 1.54) is 18.2 Å². The van der Waals surface area contributed by atoms with Crippen LogP contribution < -0.4 is 5.32 Å². The first-order valence-corrected chi connectivity index (χ1v) is 6.09. The van der Waals surface area contributed by atoms with Crippen LogP contribution in [-0.2, 0) is 6.42 Å². The molecule has 1 N–H and O–H groups in total. The molecule has 0 saturated heterocycles. The number of aromatic nitrogens is 1. The van der Waals surface area contributed by atoms with Gasteiger partial charge in [0.25, 0.3) is 11.6 Å². The lowest BCUT2D eigenvalue weighted by molar-refractivity contribution is -0.384. The molecular weight excluding hydrogens is 258 g/mol. The monoisotopic (exact) mass is 271 g/mol. The van der Waals surface area contributed by atoms with E-state index in [9.17, 15) is 14.9 Å². The van der Waals surface area contributed by atoms with Gasteiger partial charge in [0.05, 0.1) is 4.92 Å². The fraction of sp³-hybridized carbons (Fsp3) is 0.143. The number of carbonyl (C=O) groups excluding carboxylic acids is 1. The molecule has 0 saturated carbocycles. The minimum atomic E-state index is -0.523.